The first-order valence-corrected chi connectivity index (χ1v) is 6.48. The van der Waals surface area contributed by atoms with Crippen LogP contribution in [-0.4, -0.2) is 16.7 Å². The molecule has 0 amide bonds. The van der Waals surface area contributed by atoms with Gasteiger partial charge in [-0.15, -0.1) is 0 Å². The predicted octanol–water partition coefficient (Wildman–Crippen LogP) is 2.46. The van der Waals surface area contributed by atoms with Crippen LogP contribution in [0, 0.1) is 6.92 Å². The Hall–Kier alpha value is -1.88. The minimum atomic E-state index is 0.371. The van der Waals surface area contributed by atoms with Crippen LogP contribution < -0.4 is 10.1 Å². The highest BCUT2D eigenvalue weighted by Crippen LogP contribution is 2.12. The Morgan fingerprint density at radius 2 is 2.26 bits per heavy atom. The van der Waals surface area contributed by atoms with Gasteiger partial charge in [-0.2, -0.15) is 0 Å². The molecule has 0 fully saturated rings. The summed E-state index contributed by atoms with van der Waals surface area (Å²) in [6, 6.07) is 5.74. The summed E-state index contributed by atoms with van der Waals surface area (Å²) in [6.07, 6.45) is 2.85. The number of hydrogen-bond acceptors (Lipinski definition) is 5. The van der Waals surface area contributed by atoms with Gasteiger partial charge in [0.25, 0.3) is 0 Å². The van der Waals surface area contributed by atoms with E-state index in [4.69, 9.17) is 9.26 Å². The molecular weight excluding hydrogens is 242 g/mol. The van der Waals surface area contributed by atoms with E-state index in [0.717, 1.165) is 36.6 Å². The quantitative estimate of drug-likeness (QED) is 0.776. The zero-order valence-corrected chi connectivity index (χ0v) is 11.3. The zero-order valence-electron chi connectivity index (χ0n) is 11.3. The maximum absolute atomic E-state index is 5.57. The van der Waals surface area contributed by atoms with Gasteiger partial charge < -0.3 is 14.6 Å². The molecule has 0 aromatic carbocycles. The lowest BCUT2D eigenvalue weighted by Crippen LogP contribution is -2.14. The summed E-state index contributed by atoms with van der Waals surface area (Å²) in [5.74, 6) is 1.44. The van der Waals surface area contributed by atoms with E-state index in [1.807, 2.05) is 25.1 Å². The SMILES string of the molecule is CCCNCc1ccc(OCc2cc(C)no2)cn1. The Labute approximate surface area is 113 Å². The van der Waals surface area contributed by atoms with Gasteiger partial charge in [0, 0.05) is 12.6 Å². The van der Waals surface area contributed by atoms with Crippen molar-refractivity contribution in [3.8, 4) is 5.75 Å². The summed E-state index contributed by atoms with van der Waals surface area (Å²) >= 11 is 0. The molecular formula is C14H19N3O2. The summed E-state index contributed by atoms with van der Waals surface area (Å²) in [5.41, 5.74) is 1.87. The van der Waals surface area contributed by atoms with E-state index in [1.54, 1.807) is 6.20 Å². The summed E-state index contributed by atoms with van der Waals surface area (Å²) in [5, 5.41) is 7.11. The van der Waals surface area contributed by atoms with Crippen LogP contribution in [0.25, 0.3) is 0 Å². The van der Waals surface area contributed by atoms with Crippen LogP contribution in [0.3, 0.4) is 0 Å². The Bertz CT molecular complexity index is 494. The molecule has 19 heavy (non-hydrogen) atoms. The maximum atomic E-state index is 5.57. The molecule has 0 atom stereocenters. The van der Waals surface area contributed by atoms with E-state index in [2.05, 4.69) is 22.4 Å². The first kappa shape index (κ1) is 13.5. The van der Waals surface area contributed by atoms with E-state index in [9.17, 15) is 0 Å². The largest absolute Gasteiger partial charge is 0.484 e. The highest BCUT2D eigenvalue weighted by molar-refractivity contribution is 5.20. The second-order valence-corrected chi connectivity index (χ2v) is 4.39. The number of nitrogens with one attached hydrogen (secondary N) is 1. The molecule has 2 heterocycles. The van der Waals surface area contributed by atoms with E-state index >= 15 is 0 Å². The maximum Gasteiger partial charge on any atom is 0.174 e. The fourth-order valence-corrected chi connectivity index (χ4v) is 1.63. The topological polar surface area (TPSA) is 60.2 Å². The molecule has 0 unspecified atom stereocenters. The number of rotatable bonds is 7. The van der Waals surface area contributed by atoms with E-state index < -0.39 is 0 Å². The van der Waals surface area contributed by atoms with E-state index in [0.29, 0.717) is 12.4 Å². The summed E-state index contributed by atoms with van der Waals surface area (Å²) in [6.45, 7) is 6.19. The molecule has 2 aromatic heterocycles. The third kappa shape index (κ3) is 4.37. The number of hydrogen-bond donors (Lipinski definition) is 1. The number of aryl methyl sites for hydroxylation is 1. The standard InChI is InChI=1S/C14H19N3O2/c1-3-6-15-8-12-4-5-13(9-16-12)18-10-14-7-11(2)17-19-14/h4-5,7,9,15H,3,6,8,10H2,1-2H3. The molecule has 5 heteroatoms. The van der Waals surface area contributed by atoms with Crippen LogP contribution in [-0.2, 0) is 13.2 Å². The highest BCUT2D eigenvalue weighted by Gasteiger charge is 2.02. The lowest BCUT2D eigenvalue weighted by atomic mass is 10.3. The molecule has 0 bridgehead atoms. The fraction of sp³-hybridized carbons (Fsp3) is 0.429. The van der Waals surface area contributed by atoms with Gasteiger partial charge in [-0.25, -0.2) is 0 Å². The van der Waals surface area contributed by atoms with Gasteiger partial charge in [-0.05, 0) is 32.0 Å². The average Bonchev–Trinajstić information content (AvgIpc) is 2.84. The number of ether oxygens (including phenoxy) is 1. The van der Waals surface area contributed by atoms with Gasteiger partial charge in [0.15, 0.2) is 5.76 Å². The van der Waals surface area contributed by atoms with Crippen molar-refractivity contribution in [1.82, 2.24) is 15.5 Å². The average molecular weight is 261 g/mol. The van der Waals surface area contributed by atoms with Crippen molar-refractivity contribution in [2.45, 2.75) is 33.4 Å². The smallest absolute Gasteiger partial charge is 0.174 e. The van der Waals surface area contributed by atoms with Gasteiger partial charge in [0.1, 0.15) is 12.4 Å². The van der Waals surface area contributed by atoms with Crippen molar-refractivity contribution in [2.75, 3.05) is 6.54 Å². The normalized spacial score (nSPS) is 10.6. The van der Waals surface area contributed by atoms with Gasteiger partial charge in [0.2, 0.25) is 0 Å². The predicted molar refractivity (Wildman–Crippen MR) is 71.8 cm³/mol. The van der Waals surface area contributed by atoms with Crippen molar-refractivity contribution < 1.29 is 9.26 Å². The van der Waals surface area contributed by atoms with Crippen molar-refractivity contribution in [1.29, 1.82) is 0 Å². The van der Waals surface area contributed by atoms with Crippen molar-refractivity contribution in [3.05, 3.63) is 41.5 Å². The molecule has 0 spiro atoms. The third-order valence-corrected chi connectivity index (χ3v) is 2.59. The molecule has 0 radical (unpaired) electrons. The summed E-state index contributed by atoms with van der Waals surface area (Å²) in [4.78, 5) is 4.33. The molecule has 1 N–H and O–H groups in total. The van der Waals surface area contributed by atoms with Crippen LogP contribution in [0.2, 0.25) is 0 Å². The summed E-state index contributed by atoms with van der Waals surface area (Å²) < 4.78 is 10.6. The number of nitrogens with zero attached hydrogens (tertiary/aromatic N) is 2. The van der Waals surface area contributed by atoms with Crippen molar-refractivity contribution in [3.63, 3.8) is 0 Å². The van der Waals surface area contributed by atoms with Gasteiger partial charge in [-0.1, -0.05) is 12.1 Å². The zero-order chi connectivity index (χ0) is 13.5. The van der Waals surface area contributed by atoms with Crippen LogP contribution >= 0.6 is 0 Å². The summed E-state index contributed by atoms with van der Waals surface area (Å²) in [7, 11) is 0. The van der Waals surface area contributed by atoms with Crippen LogP contribution in [0.1, 0.15) is 30.5 Å². The molecule has 2 rings (SSSR count). The van der Waals surface area contributed by atoms with Crippen molar-refractivity contribution in [2.24, 2.45) is 0 Å². The molecule has 0 aliphatic heterocycles. The first-order chi connectivity index (χ1) is 9.28. The molecule has 2 aromatic rings. The Kier molecular flexibility index (Phi) is 4.92. The van der Waals surface area contributed by atoms with Crippen LogP contribution in [0.4, 0.5) is 0 Å². The minimum Gasteiger partial charge on any atom is -0.484 e. The first-order valence-electron chi connectivity index (χ1n) is 6.48. The van der Waals surface area contributed by atoms with Crippen LogP contribution in [0.5, 0.6) is 5.75 Å². The second kappa shape index (κ2) is 6.89. The van der Waals surface area contributed by atoms with Gasteiger partial charge in [-0.3, -0.25) is 4.98 Å². The van der Waals surface area contributed by atoms with Gasteiger partial charge in [0.05, 0.1) is 17.6 Å². The number of aromatic nitrogens is 2. The number of pyridine rings is 1. The highest BCUT2D eigenvalue weighted by atomic mass is 16.5. The fourth-order valence-electron chi connectivity index (χ4n) is 1.63. The molecule has 0 aliphatic carbocycles. The third-order valence-electron chi connectivity index (χ3n) is 2.59. The molecule has 0 saturated carbocycles. The Balaban J connectivity index is 1.81. The lowest BCUT2D eigenvalue weighted by molar-refractivity contribution is 0.248. The second-order valence-electron chi connectivity index (χ2n) is 4.39. The Morgan fingerprint density at radius 1 is 1.37 bits per heavy atom. The molecule has 0 aliphatic rings. The van der Waals surface area contributed by atoms with Crippen molar-refractivity contribution >= 4 is 0 Å². The van der Waals surface area contributed by atoms with Crippen LogP contribution in [0.15, 0.2) is 28.9 Å². The lowest BCUT2D eigenvalue weighted by Gasteiger charge is -2.05. The molecule has 102 valence electrons. The minimum absolute atomic E-state index is 0.371. The molecule has 5 nitrogen and oxygen atoms in total. The monoisotopic (exact) mass is 261 g/mol. The van der Waals surface area contributed by atoms with E-state index in [1.165, 1.54) is 0 Å². The van der Waals surface area contributed by atoms with E-state index in [-0.39, 0.29) is 0 Å². The Morgan fingerprint density at radius 3 is 2.89 bits per heavy atom. The molecule has 0 saturated heterocycles. The van der Waals surface area contributed by atoms with Gasteiger partial charge >= 0.3 is 0 Å².